The predicted octanol–water partition coefficient (Wildman–Crippen LogP) is 1.89. The molecule has 114 valence electrons. The van der Waals surface area contributed by atoms with Gasteiger partial charge in [-0.3, -0.25) is 4.79 Å². The van der Waals surface area contributed by atoms with E-state index < -0.39 is 0 Å². The molecule has 0 radical (unpaired) electrons. The van der Waals surface area contributed by atoms with Gasteiger partial charge in [-0.15, -0.1) is 0 Å². The summed E-state index contributed by atoms with van der Waals surface area (Å²) in [4.78, 5) is 22.2. The van der Waals surface area contributed by atoms with Crippen LogP contribution in [0.5, 0.6) is 0 Å². The molecule has 0 aromatic heterocycles. The molecule has 1 aliphatic rings. The summed E-state index contributed by atoms with van der Waals surface area (Å²) in [5.41, 5.74) is 2.50. The maximum absolute atomic E-state index is 11.6. The van der Waals surface area contributed by atoms with Gasteiger partial charge in [-0.2, -0.15) is 0 Å². The summed E-state index contributed by atoms with van der Waals surface area (Å²) < 4.78 is 0. The van der Waals surface area contributed by atoms with Crippen molar-refractivity contribution in [1.29, 1.82) is 0 Å². The van der Waals surface area contributed by atoms with Crippen LogP contribution in [0.2, 0.25) is 0 Å². The lowest BCUT2D eigenvalue weighted by molar-refractivity contribution is -0.118. The summed E-state index contributed by atoms with van der Waals surface area (Å²) in [5, 5.41) is 8.11. The first-order valence-corrected chi connectivity index (χ1v) is 7.50. The van der Waals surface area contributed by atoms with Gasteiger partial charge in [-0.25, -0.2) is 4.79 Å². The lowest BCUT2D eigenvalue weighted by Crippen LogP contribution is -2.39. The average Bonchev–Trinajstić information content (AvgIpc) is 2.41. The van der Waals surface area contributed by atoms with E-state index in [-0.39, 0.29) is 11.9 Å². The van der Waals surface area contributed by atoms with Crippen molar-refractivity contribution >= 4 is 11.9 Å². The number of urea groups is 1. The van der Waals surface area contributed by atoms with E-state index >= 15 is 0 Å². The minimum Gasteiger partial charge on any atom is -0.355 e. The molecule has 21 heavy (non-hydrogen) atoms. The summed E-state index contributed by atoms with van der Waals surface area (Å²) in [6.07, 6.45) is 3.94. The van der Waals surface area contributed by atoms with E-state index in [9.17, 15) is 9.59 Å². The highest BCUT2D eigenvalue weighted by atomic mass is 16.2. The van der Waals surface area contributed by atoms with Gasteiger partial charge in [0, 0.05) is 26.6 Å². The maximum Gasteiger partial charge on any atom is 0.315 e. The van der Waals surface area contributed by atoms with E-state index in [0.29, 0.717) is 19.6 Å². The lowest BCUT2D eigenvalue weighted by atomic mass is 9.80. The van der Waals surface area contributed by atoms with E-state index in [1.165, 1.54) is 31.7 Å². The van der Waals surface area contributed by atoms with E-state index in [1.807, 2.05) is 0 Å². The third-order valence-corrected chi connectivity index (χ3v) is 3.79. The summed E-state index contributed by atoms with van der Waals surface area (Å²) in [7, 11) is 0. The molecular weight excluding hydrogens is 266 g/mol. The molecule has 2 rings (SSSR count). The first-order chi connectivity index (χ1) is 10.1. The van der Waals surface area contributed by atoms with Gasteiger partial charge in [0.15, 0.2) is 0 Å². The second-order valence-corrected chi connectivity index (χ2v) is 5.46. The second-order valence-electron chi connectivity index (χ2n) is 5.46. The predicted molar refractivity (Wildman–Crippen MR) is 82.0 cm³/mol. The second kappa shape index (κ2) is 7.67. The fourth-order valence-electron chi connectivity index (χ4n) is 2.31. The van der Waals surface area contributed by atoms with E-state index in [0.717, 1.165) is 11.5 Å². The van der Waals surface area contributed by atoms with Crippen molar-refractivity contribution in [3.63, 3.8) is 0 Å². The molecule has 1 fully saturated rings. The number of amides is 3. The van der Waals surface area contributed by atoms with Gasteiger partial charge in [0.2, 0.25) is 5.91 Å². The van der Waals surface area contributed by atoms with Gasteiger partial charge in [0.25, 0.3) is 0 Å². The van der Waals surface area contributed by atoms with Crippen molar-refractivity contribution in [3.8, 4) is 0 Å². The van der Waals surface area contributed by atoms with Crippen LogP contribution >= 0.6 is 0 Å². The highest BCUT2D eigenvalue weighted by Gasteiger charge is 2.18. The third-order valence-electron chi connectivity index (χ3n) is 3.79. The first-order valence-electron chi connectivity index (χ1n) is 7.50. The van der Waals surface area contributed by atoms with Gasteiger partial charge < -0.3 is 16.0 Å². The van der Waals surface area contributed by atoms with Crippen LogP contribution in [0.15, 0.2) is 24.3 Å². The number of hydrogen-bond acceptors (Lipinski definition) is 2. The van der Waals surface area contributed by atoms with Crippen molar-refractivity contribution in [3.05, 3.63) is 35.4 Å². The Kier molecular flexibility index (Phi) is 5.60. The number of rotatable bonds is 6. The van der Waals surface area contributed by atoms with Gasteiger partial charge in [-0.1, -0.05) is 30.7 Å². The molecule has 0 atom stereocenters. The molecule has 3 N–H and O–H groups in total. The highest BCUT2D eigenvalue weighted by molar-refractivity contribution is 5.74. The van der Waals surface area contributed by atoms with E-state index in [1.54, 1.807) is 0 Å². The van der Waals surface area contributed by atoms with Crippen molar-refractivity contribution in [2.24, 2.45) is 0 Å². The SMILES string of the molecule is CC(=O)NCCNC(=O)NCc1ccc(C2CCC2)cc1. The Morgan fingerprint density at radius 3 is 2.29 bits per heavy atom. The molecule has 1 aromatic carbocycles. The largest absolute Gasteiger partial charge is 0.355 e. The van der Waals surface area contributed by atoms with E-state index in [4.69, 9.17) is 0 Å². The fourth-order valence-corrected chi connectivity index (χ4v) is 2.31. The number of hydrogen-bond donors (Lipinski definition) is 3. The number of nitrogens with one attached hydrogen (secondary N) is 3. The molecule has 0 bridgehead atoms. The average molecular weight is 289 g/mol. The summed E-state index contributed by atoms with van der Waals surface area (Å²) in [6, 6.07) is 8.25. The topological polar surface area (TPSA) is 70.2 Å². The van der Waals surface area contributed by atoms with Crippen LogP contribution in [0, 0.1) is 0 Å². The van der Waals surface area contributed by atoms with Crippen LogP contribution in [0.4, 0.5) is 4.79 Å². The Bertz CT molecular complexity index is 481. The molecule has 5 heteroatoms. The van der Waals surface area contributed by atoms with Crippen LogP contribution in [0.1, 0.15) is 43.2 Å². The number of carbonyl (C=O) groups excluding carboxylic acids is 2. The summed E-state index contributed by atoms with van der Waals surface area (Å²) >= 11 is 0. The summed E-state index contributed by atoms with van der Waals surface area (Å²) in [6.45, 7) is 2.83. The normalized spacial score (nSPS) is 14.1. The summed E-state index contributed by atoms with van der Waals surface area (Å²) in [5.74, 6) is 0.646. The molecule has 1 aliphatic carbocycles. The molecule has 0 unspecified atom stereocenters. The maximum atomic E-state index is 11.6. The Morgan fingerprint density at radius 2 is 1.71 bits per heavy atom. The number of carbonyl (C=O) groups is 2. The van der Waals surface area contributed by atoms with Gasteiger partial charge >= 0.3 is 6.03 Å². The molecule has 0 heterocycles. The van der Waals surface area contributed by atoms with Gasteiger partial charge in [-0.05, 0) is 29.9 Å². The smallest absolute Gasteiger partial charge is 0.315 e. The van der Waals surface area contributed by atoms with Crippen LogP contribution in [-0.2, 0) is 11.3 Å². The molecule has 1 saturated carbocycles. The van der Waals surface area contributed by atoms with Gasteiger partial charge in [0.1, 0.15) is 0 Å². The Hall–Kier alpha value is -2.04. The Balaban J connectivity index is 1.65. The lowest BCUT2D eigenvalue weighted by Gasteiger charge is -2.25. The minimum atomic E-state index is -0.219. The Labute approximate surface area is 125 Å². The third kappa shape index (κ3) is 5.10. The number of benzene rings is 1. The van der Waals surface area contributed by atoms with Crippen molar-refractivity contribution < 1.29 is 9.59 Å². The zero-order chi connectivity index (χ0) is 15.1. The molecule has 0 spiro atoms. The standard InChI is InChI=1S/C16H23N3O2/c1-12(20)17-9-10-18-16(21)19-11-13-5-7-15(8-6-13)14-3-2-4-14/h5-8,14H,2-4,9-11H2,1H3,(H,17,20)(H2,18,19,21). The fraction of sp³-hybridized carbons (Fsp3) is 0.500. The van der Waals surface area contributed by atoms with Crippen LogP contribution in [0.3, 0.4) is 0 Å². The van der Waals surface area contributed by atoms with Crippen molar-refractivity contribution in [2.75, 3.05) is 13.1 Å². The molecule has 0 saturated heterocycles. The van der Waals surface area contributed by atoms with E-state index in [2.05, 4.69) is 40.2 Å². The van der Waals surface area contributed by atoms with Crippen LogP contribution < -0.4 is 16.0 Å². The first kappa shape index (κ1) is 15.4. The monoisotopic (exact) mass is 289 g/mol. The van der Waals surface area contributed by atoms with Crippen molar-refractivity contribution in [1.82, 2.24) is 16.0 Å². The molecule has 0 aliphatic heterocycles. The zero-order valence-corrected chi connectivity index (χ0v) is 12.4. The minimum absolute atomic E-state index is 0.0937. The van der Waals surface area contributed by atoms with Gasteiger partial charge in [0.05, 0.1) is 0 Å². The van der Waals surface area contributed by atoms with Crippen molar-refractivity contribution in [2.45, 2.75) is 38.6 Å². The quantitative estimate of drug-likeness (QED) is 0.700. The van der Waals surface area contributed by atoms with Crippen LogP contribution in [-0.4, -0.2) is 25.0 Å². The Morgan fingerprint density at radius 1 is 1.05 bits per heavy atom. The highest BCUT2D eigenvalue weighted by Crippen LogP contribution is 2.36. The molecule has 5 nitrogen and oxygen atoms in total. The van der Waals surface area contributed by atoms with Crippen LogP contribution in [0.25, 0.3) is 0 Å². The molecule has 1 aromatic rings. The molecular formula is C16H23N3O2. The molecule has 3 amide bonds. The zero-order valence-electron chi connectivity index (χ0n) is 12.4.